The van der Waals surface area contributed by atoms with Crippen LogP contribution in [0.2, 0.25) is 0 Å². The SMILES string of the molecule is COC(=O)C1CCCN1C(=O)c1ccc(I)c(O)c1. The molecule has 5 nitrogen and oxygen atoms in total. The van der Waals surface area contributed by atoms with E-state index < -0.39 is 6.04 Å². The minimum Gasteiger partial charge on any atom is -0.507 e. The molecule has 1 unspecified atom stereocenters. The summed E-state index contributed by atoms with van der Waals surface area (Å²) in [5.41, 5.74) is 0.383. The predicted molar refractivity (Wildman–Crippen MR) is 76.9 cm³/mol. The fourth-order valence-corrected chi connectivity index (χ4v) is 2.54. The third-order valence-corrected chi connectivity index (χ3v) is 4.09. The van der Waals surface area contributed by atoms with Crippen LogP contribution < -0.4 is 0 Å². The molecule has 102 valence electrons. The lowest BCUT2D eigenvalue weighted by molar-refractivity contribution is -0.145. The normalized spacial score (nSPS) is 18.4. The molecule has 1 aliphatic heterocycles. The van der Waals surface area contributed by atoms with Gasteiger partial charge in [-0.2, -0.15) is 0 Å². The Morgan fingerprint density at radius 2 is 2.21 bits per heavy atom. The first kappa shape index (κ1) is 14.1. The van der Waals surface area contributed by atoms with Crippen molar-refractivity contribution in [1.29, 1.82) is 0 Å². The van der Waals surface area contributed by atoms with Crippen molar-refractivity contribution in [3.05, 3.63) is 27.3 Å². The summed E-state index contributed by atoms with van der Waals surface area (Å²) >= 11 is 1.98. The van der Waals surface area contributed by atoms with Gasteiger partial charge in [0, 0.05) is 12.1 Å². The molecule has 0 aliphatic carbocycles. The van der Waals surface area contributed by atoms with Crippen LogP contribution in [0.5, 0.6) is 5.75 Å². The molecule has 1 heterocycles. The van der Waals surface area contributed by atoms with E-state index in [0.717, 1.165) is 6.42 Å². The highest BCUT2D eigenvalue weighted by molar-refractivity contribution is 14.1. The molecular weight excluding hydrogens is 361 g/mol. The highest BCUT2D eigenvalue weighted by atomic mass is 127. The summed E-state index contributed by atoms with van der Waals surface area (Å²) < 4.78 is 5.39. The van der Waals surface area contributed by atoms with Gasteiger partial charge in [-0.3, -0.25) is 4.79 Å². The number of benzene rings is 1. The number of amides is 1. The summed E-state index contributed by atoms with van der Waals surface area (Å²) in [6.07, 6.45) is 1.40. The number of nitrogens with zero attached hydrogens (tertiary/aromatic N) is 1. The summed E-state index contributed by atoms with van der Waals surface area (Å²) in [4.78, 5) is 25.5. The number of carbonyl (C=O) groups excluding carboxylic acids is 2. The molecule has 19 heavy (non-hydrogen) atoms. The largest absolute Gasteiger partial charge is 0.507 e. The number of aromatic hydroxyl groups is 1. The van der Waals surface area contributed by atoms with Crippen molar-refractivity contribution in [2.24, 2.45) is 0 Å². The maximum absolute atomic E-state index is 12.3. The van der Waals surface area contributed by atoms with Crippen LogP contribution in [-0.4, -0.2) is 41.6 Å². The van der Waals surface area contributed by atoms with Gasteiger partial charge in [-0.05, 0) is 53.6 Å². The lowest BCUT2D eigenvalue weighted by atomic mass is 10.1. The number of esters is 1. The van der Waals surface area contributed by atoms with Crippen molar-refractivity contribution in [3.63, 3.8) is 0 Å². The number of phenolic OH excluding ortho intramolecular Hbond substituents is 1. The summed E-state index contributed by atoms with van der Waals surface area (Å²) in [5, 5.41) is 9.64. The minimum absolute atomic E-state index is 0.0697. The third-order valence-electron chi connectivity index (χ3n) is 3.18. The highest BCUT2D eigenvalue weighted by Gasteiger charge is 2.35. The van der Waals surface area contributed by atoms with Gasteiger partial charge in [-0.15, -0.1) is 0 Å². The molecule has 0 aromatic heterocycles. The number of ether oxygens (including phenoxy) is 1. The standard InChI is InChI=1S/C13H14INO4/c1-19-13(18)10-3-2-6-15(10)12(17)8-4-5-9(14)11(16)7-8/h4-5,7,10,16H,2-3,6H2,1H3. The van der Waals surface area contributed by atoms with Crippen LogP contribution in [-0.2, 0) is 9.53 Å². The molecule has 1 saturated heterocycles. The van der Waals surface area contributed by atoms with Crippen LogP contribution in [0, 0.1) is 3.57 Å². The molecule has 1 fully saturated rings. The second-order valence-electron chi connectivity index (χ2n) is 4.35. The van der Waals surface area contributed by atoms with E-state index in [1.807, 2.05) is 22.6 Å². The van der Waals surface area contributed by atoms with Crippen molar-refractivity contribution < 1.29 is 19.4 Å². The predicted octanol–water partition coefficient (Wildman–Crippen LogP) is 1.77. The van der Waals surface area contributed by atoms with Gasteiger partial charge in [-0.25, -0.2) is 4.79 Å². The van der Waals surface area contributed by atoms with Crippen molar-refractivity contribution in [2.45, 2.75) is 18.9 Å². The maximum atomic E-state index is 12.3. The lowest BCUT2D eigenvalue weighted by Gasteiger charge is -2.22. The van der Waals surface area contributed by atoms with Gasteiger partial charge < -0.3 is 14.7 Å². The first-order chi connectivity index (χ1) is 9.04. The third kappa shape index (κ3) is 2.83. The lowest BCUT2D eigenvalue weighted by Crippen LogP contribution is -2.41. The van der Waals surface area contributed by atoms with E-state index in [1.165, 1.54) is 18.1 Å². The van der Waals surface area contributed by atoms with Crippen LogP contribution in [0.25, 0.3) is 0 Å². The Morgan fingerprint density at radius 3 is 2.84 bits per heavy atom. The molecule has 0 saturated carbocycles. The zero-order chi connectivity index (χ0) is 14.0. The van der Waals surface area contributed by atoms with Gasteiger partial charge in [0.15, 0.2) is 0 Å². The number of likely N-dealkylation sites (tertiary alicyclic amines) is 1. The number of halogens is 1. The van der Waals surface area contributed by atoms with Crippen molar-refractivity contribution >= 4 is 34.5 Å². The number of hydrogen-bond donors (Lipinski definition) is 1. The first-order valence-corrected chi connectivity index (χ1v) is 6.99. The minimum atomic E-state index is -0.515. The molecule has 1 aromatic rings. The van der Waals surface area contributed by atoms with Gasteiger partial charge in [0.2, 0.25) is 0 Å². The fourth-order valence-electron chi connectivity index (χ4n) is 2.20. The molecular formula is C13H14INO4. The molecule has 1 aromatic carbocycles. The van der Waals surface area contributed by atoms with Gasteiger partial charge in [-0.1, -0.05) is 0 Å². The summed E-state index contributed by atoms with van der Waals surface area (Å²) in [6.45, 7) is 0.533. The van der Waals surface area contributed by atoms with Crippen LogP contribution in [0.3, 0.4) is 0 Å². The number of phenols is 1. The quantitative estimate of drug-likeness (QED) is 0.632. The van der Waals surface area contributed by atoms with Crippen molar-refractivity contribution in [3.8, 4) is 5.75 Å². The zero-order valence-corrected chi connectivity index (χ0v) is 12.6. The number of hydrogen-bond acceptors (Lipinski definition) is 4. The molecule has 0 spiro atoms. The van der Waals surface area contributed by atoms with E-state index >= 15 is 0 Å². The molecule has 1 aliphatic rings. The Morgan fingerprint density at radius 1 is 1.47 bits per heavy atom. The Labute approximate surface area is 124 Å². The zero-order valence-electron chi connectivity index (χ0n) is 10.4. The molecule has 6 heteroatoms. The molecule has 2 rings (SSSR count). The topological polar surface area (TPSA) is 66.8 Å². The molecule has 1 amide bonds. The van der Waals surface area contributed by atoms with Crippen LogP contribution >= 0.6 is 22.6 Å². The summed E-state index contributed by atoms with van der Waals surface area (Å²) in [6, 6.07) is 4.23. The molecule has 1 atom stereocenters. The highest BCUT2D eigenvalue weighted by Crippen LogP contribution is 2.25. The Balaban J connectivity index is 2.23. The van der Waals surface area contributed by atoms with Gasteiger partial charge >= 0.3 is 5.97 Å². The van der Waals surface area contributed by atoms with E-state index in [2.05, 4.69) is 0 Å². The Kier molecular flexibility index (Phi) is 4.28. The van der Waals surface area contributed by atoms with E-state index in [-0.39, 0.29) is 17.6 Å². The van der Waals surface area contributed by atoms with Crippen LogP contribution in [0.1, 0.15) is 23.2 Å². The van der Waals surface area contributed by atoms with Crippen LogP contribution in [0.4, 0.5) is 0 Å². The van der Waals surface area contributed by atoms with Gasteiger partial charge in [0.25, 0.3) is 5.91 Å². The number of carbonyl (C=O) groups is 2. The number of methoxy groups -OCH3 is 1. The van der Waals surface area contributed by atoms with Gasteiger partial charge in [0.1, 0.15) is 11.8 Å². The maximum Gasteiger partial charge on any atom is 0.328 e. The first-order valence-electron chi connectivity index (χ1n) is 5.92. The fraction of sp³-hybridized carbons (Fsp3) is 0.385. The molecule has 1 N–H and O–H groups in total. The Hall–Kier alpha value is -1.31. The second kappa shape index (κ2) is 5.77. The van der Waals surface area contributed by atoms with E-state index in [0.29, 0.717) is 22.1 Å². The van der Waals surface area contributed by atoms with Crippen molar-refractivity contribution in [2.75, 3.05) is 13.7 Å². The van der Waals surface area contributed by atoms with E-state index in [9.17, 15) is 14.7 Å². The molecule has 0 bridgehead atoms. The summed E-state index contributed by atoms with van der Waals surface area (Å²) in [7, 11) is 1.32. The van der Waals surface area contributed by atoms with Crippen molar-refractivity contribution in [1.82, 2.24) is 4.90 Å². The van der Waals surface area contributed by atoms with E-state index in [1.54, 1.807) is 12.1 Å². The Bertz CT molecular complexity index is 517. The van der Waals surface area contributed by atoms with E-state index in [4.69, 9.17) is 4.74 Å². The summed E-state index contributed by atoms with van der Waals surface area (Å²) in [5.74, 6) is -0.569. The smallest absolute Gasteiger partial charge is 0.328 e. The average molecular weight is 375 g/mol. The monoisotopic (exact) mass is 375 g/mol. The molecule has 0 radical (unpaired) electrons. The van der Waals surface area contributed by atoms with Gasteiger partial charge in [0.05, 0.1) is 10.7 Å². The second-order valence-corrected chi connectivity index (χ2v) is 5.51. The average Bonchev–Trinajstić information content (AvgIpc) is 2.89. The number of rotatable bonds is 2. The van der Waals surface area contributed by atoms with Crippen LogP contribution in [0.15, 0.2) is 18.2 Å².